The number of hydrogen-bond acceptors (Lipinski definition) is 5. The fraction of sp³-hybridized carbons (Fsp3) is 0.778. The highest BCUT2D eigenvalue weighted by Gasteiger charge is 2.29. The molecule has 1 aromatic heterocycles. The lowest BCUT2D eigenvalue weighted by molar-refractivity contribution is 0.131. The summed E-state index contributed by atoms with van der Waals surface area (Å²) in [5, 5.41) is 17.0. The fourth-order valence-electron chi connectivity index (χ4n) is 2.02. The molecule has 1 saturated carbocycles. The van der Waals surface area contributed by atoms with Gasteiger partial charge in [0.25, 0.3) is 0 Å². The Labute approximate surface area is 88.5 Å². The zero-order valence-electron chi connectivity index (χ0n) is 8.85. The minimum atomic E-state index is -0.344. The van der Waals surface area contributed by atoms with Gasteiger partial charge in [-0.3, -0.25) is 0 Å². The number of aromatic nitrogens is 3. The molecule has 0 radical (unpaired) electrons. The molecule has 0 aromatic carbocycles. The Hall–Kier alpha value is -1.30. The number of nitrogens with zero attached hydrogens (tertiary/aromatic N) is 3. The first-order valence-corrected chi connectivity index (χ1v) is 5.36. The molecule has 6 nitrogen and oxygen atoms in total. The van der Waals surface area contributed by atoms with E-state index in [1.165, 1.54) is 0 Å². The molecule has 2 atom stereocenters. The van der Waals surface area contributed by atoms with Gasteiger partial charge in [0.2, 0.25) is 11.9 Å². The summed E-state index contributed by atoms with van der Waals surface area (Å²) in [6.07, 6.45) is 2.41. The molecule has 2 unspecified atom stereocenters. The van der Waals surface area contributed by atoms with Gasteiger partial charge in [-0.05, 0) is 26.2 Å². The molecule has 1 aliphatic carbocycles. The minimum Gasteiger partial charge on any atom is -0.391 e. The third-order valence-corrected chi connectivity index (χ3v) is 2.75. The van der Waals surface area contributed by atoms with Gasteiger partial charge in [-0.2, -0.15) is 4.98 Å². The maximum absolute atomic E-state index is 9.74. The summed E-state index contributed by atoms with van der Waals surface area (Å²) in [5.74, 6) is 0.908. The lowest BCUT2D eigenvalue weighted by Crippen LogP contribution is -2.21. The molecule has 0 spiro atoms. The number of nitrogens with two attached hydrogens (primary N) is 1. The predicted molar refractivity (Wildman–Crippen MR) is 57.5 cm³/mol. The third-order valence-electron chi connectivity index (χ3n) is 2.75. The highest BCUT2D eigenvalue weighted by atomic mass is 16.3. The molecule has 1 aliphatic rings. The molecule has 4 N–H and O–H groups in total. The normalized spacial score (nSPS) is 25.7. The van der Waals surface area contributed by atoms with Gasteiger partial charge in [-0.15, -0.1) is 5.10 Å². The van der Waals surface area contributed by atoms with Crippen molar-refractivity contribution in [3.8, 4) is 0 Å². The van der Waals surface area contributed by atoms with E-state index in [0.29, 0.717) is 11.9 Å². The van der Waals surface area contributed by atoms with Crippen LogP contribution in [0.3, 0.4) is 0 Å². The molecular formula is C9H17N5O. The van der Waals surface area contributed by atoms with Crippen molar-refractivity contribution in [1.82, 2.24) is 14.8 Å². The van der Waals surface area contributed by atoms with Crippen LogP contribution in [-0.2, 0) is 0 Å². The summed E-state index contributed by atoms with van der Waals surface area (Å²) < 4.78 is 1.63. The SMILES string of the molecule is CCNc1nc(N)n(C2CCCC2O)n1. The van der Waals surface area contributed by atoms with Gasteiger partial charge in [0, 0.05) is 6.54 Å². The van der Waals surface area contributed by atoms with Crippen molar-refractivity contribution in [3.63, 3.8) is 0 Å². The smallest absolute Gasteiger partial charge is 0.243 e. The van der Waals surface area contributed by atoms with Crippen molar-refractivity contribution < 1.29 is 5.11 Å². The Morgan fingerprint density at radius 2 is 2.40 bits per heavy atom. The summed E-state index contributed by atoms with van der Waals surface area (Å²) in [4.78, 5) is 4.09. The molecule has 1 fully saturated rings. The van der Waals surface area contributed by atoms with Crippen molar-refractivity contribution >= 4 is 11.9 Å². The van der Waals surface area contributed by atoms with E-state index in [9.17, 15) is 5.11 Å². The monoisotopic (exact) mass is 211 g/mol. The maximum atomic E-state index is 9.74. The average molecular weight is 211 g/mol. The molecule has 0 bridgehead atoms. The molecule has 0 amide bonds. The number of nitrogen functional groups attached to an aromatic ring is 1. The van der Waals surface area contributed by atoms with Gasteiger partial charge in [-0.1, -0.05) is 0 Å². The van der Waals surface area contributed by atoms with E-state index in [1.807, 2.05) is 6.92 Å². The summed E-state index contributed by atoms with van der Waals surface area (Å²) in [6, 6.07) is -0.00935. The first kappa shape index (κ1) is 10.2. The zero-order chi connectivity index (χ0) is 10.8. The summed E-state index contributed by atoms with van der Waals surface area (Å²) >= 11 is 0. The third kappa shape index (κ3) is 1.90. The maximum Gasteiger partial charge on any atom is 0.243 e. The zero-order valence-corrected chi connectivity index (χ0v) is 8.85. The first-order chi connectivity index (χ1) is 7.22. The van der Waals surface area contributed by atoms with Crippen LogP contribution in [0.15, 0.2) is 0 Å². The average Bonchev–Trinajstić information content (AvgIpc) is 2.73. The van der Waals surface area contributed by atoms with Gasteiger partial charge >= 0.3 is 0 Å². The number of anilines is 2. The van der Waals surface area contributed by atoms with Crippen LogP contribution < -0.4 is 11.1 Å². The van der Waals surface area contributed by atoms with Crippen LogP contribution in [0.1, 0.15) is 32.2 Å². The summed E-state index contributed by atoms with van der Waals surface area (Å²) in [5.41, 5.74) is 5.75. The van der Waals surface area contributed by atoms with Crippen LogP contribution in [0.5, 0.6) is 0 Å². The molecular weight excluding hydrogens is 194 g/mol. The second-order valence-corrected chi connectivity index (χ2v) is 3.83. The molecule has 6 heteroatoms. The highest BCUT2D eigenvalue weighted by molar-refractivity contribution is 5.31. The standard InChI is InChI=1S/C9H17N5O/c1-2-11-9-12-8(10)14(13-9)6-4-3-5-7(6)15/h6-7,15H,2-5H2,1H3,(H3,10,11,12,13). The lowest BCUT2D eigenvalue weighted by Gasteiger charge is -2.14. The van der Waals surface area contributed by atoms with Crippen LogP contribution in [0.4, 0.5) is 11.9 Å². The van der Waals surface area contributed by atoms with Gasteiger partial charge < -0.3 is 16.2 Å². The Morgan fingerprint density at radius 1 is 1.60 bits per heavy atom. The molecule has 0 aliphatic heterocycles. The second-order valence-electron chi connectivity index (χ2n) is 3.83. The molecule has 0 saturated heterocycles. The van der Waals surface area contributed by atoms with Crippen LogP contribution in [0.25, 0.3) is 0 Å². The summed E-state index contributed by atoms with van der Waals surface area (Å²) in [7, 11) is 0. The van der Waals surface area contributed by atoms with Crippen molar-refractivity contribution in [3.05, 3.63) is 0 Å². The van der Waals surface area contributed by atoms with E-state index in [-0.39, 0.29) is 12.1 Å². The number of aliphatic hydroxyl groups excluding tert-OH is 1. The van der Waals surface area contributed by atoms with Gasteiger partial charge in [-0.25, -0.2) is 4.68 Å². The fourth-order valence-corrected chi connectivity index (χ4v) is 2.02. The summed E-state index contributed by atoms with van der Waals surface area (Å²) in [6.45, 7) is 2.73. The van der Waals surface area contributed by atoms with E-state index in [1.54, 1.807) is 4.68 Å². The minimum absolute atomic E-state index is 0.00935. The molecule has 1 heterocycles. The first-order valence-electron chi connectivity index (χ1n) is 5.36. The number of rotatable bonds is 3. The molecule has 2 rings (SSSR count). The van der Waals surface area contributed by atoms with Crippen LogP contribution in [-0.4, -0.2) is 32.5 Å². The van der Waals surface area contributed by atoms with Crippen LogP contribution in [0, 0.1) is 0 Å². The topological polar surface area (TPSA) is 89.0 Å². The van der Waals surface area contributed by atoms with Gasteiger partial charge in [0.1, 0.15) is 0 Å². The Morgan fingerprint density at radius 3 is 3.00 bits per heavy atom. The van der Waals surface area contributed by atoms with E-state index >= 15 is 0 Å². The number of aliphatic hydroxyl groups is 1. The largest absolute Gasteiger partial charge is 0.391 e. The van der Waals surface area contributed by atoms with E-state index < -0.39 is 0 Å². The Bertz CT molecular complexity index is 337. The lowest BCUT2D eigenvalue weighted by atomic mass is 10.2. The molecule has 1 aromatic rings. The van der Waals surface area contributed by atoms with Crippen molar-refractivity contribution in [2.24, 2.45) is 0 Å². The number of nitrogens with one attached hydrogen (secondary N) is 1. The van der Waals surface area contributed by atoms with E-state index in [0.717, 1.165) is 25.8 Å². The van der Waals surface area contributed by atoms with E-state index in [4.69, 9.17) is 5.73 Å². The van der Waals surface area contributed by atoms with Gasteiger partial charge in [0.05, 0.1) is 12.1 Å². The molecule has 84 valence electrons. The quantitative estimate of drug-likeness (QED) is 0.672. The Kier molecular flexibility index (Phi) is 2.77. The van der Waals surface area contributed by atoms with Crippen LogP contribution >= 0.6 is 0 Å². The van der Waals surface area contributed by atoms with Crippen molar-refractivity contribution in [2.75, 3.05) is 17.6 Å². The van der Waals surface area contributed by atoms with Crippen molar-refractivity contribution in [1.29, 1.82) is 0 Å². The predicted octanol–water partition coefficient (Wildman–Crippen LogP) is 0.378. The van der Waals surface area contributed by atoms with Crippen LogP contribution in [0.2, 0.25) is 0 Å². The number of hydrogen-bond donors (Lipinski definition) is 3. The van der Waals surface area contributed by atoms with Crippen molar-refractivity contribution in [2.45, 2.75) is 38.3 Å². The van der Waals surface area contributed by atoms with E-state index in [2.05, 4.69) is 15.4 Å². The Balaban J connectivity index is 2.19. The van der Waals surface area contributed by atoms with Gasteiger partial charge in [0.15, 0.2) is 0 Å². The second kappa shape index (κ2) is 4.06. The highest BCUT2D eigenvalue weighted by Crippen LogP contribution is 2.31. The molecule has 15 heavy (non-hydrogen) atoms.